The predicted molar refractivity (Wildman–Crippen MR) is 125 cm³/mol. The molecule has 0 spiro atoms. The van der Waals surface area contributed by atoms with E-state index in [0.29, 0.717) is 6.42 Å². The number of carbonyl (C=O) groups excluding carboxylic acids is 1. The van der Waals surface area contributed by atoms with Gasteiger partial charge < -0.3 is 9.84 Å². The molecule has 2 fully saturated rings. The highest BCUT2D eigenvalue weighted by Gasteiger charge is 2.74. The van der Waals surface area contributed by atoms with Crippen LogP contribution in [0.1, 0.15) is 54.4 Å². The number of epoxide rings is 1. The number of ether oxygens (including phenoxy) is 1. The third-order valence-corrected chi connectivity index (χ3v) is 6.07. The molecule has 1 aliphatic heterocycles. The van der Waals surface area contributed by atoms with E-state index in [1.54, 1.807) is 6.08 Å². The fraction of sp³-hybridized carbons (Fsp3) is 0.444. The summed E-state index contributed by atoms with van der Waals surface area (Å²) in [7, 11) is 0. The van der Waals surface area contributed by atoms with Crippen LogP contribution in [0.5, 0.6) is 0 Å². The highest BCUT2D eigenvalue weighted by molar-refractivity contribution is 5.65. The van der Waals surface area contributed by atoms with E-state index in [1.165, 1.54) is 6.08 Å². The van der Waals surface area contributed by atoms with Crippen LogP contribution in [0.2, 0.25) is 0 Å². The predicted octanol–water partition coefficient (Wildman–Crippen LogP) is 5.96. The van der Waals surface area contributed by atoms with Crippen molar-refractivity contribution >= 4 is 6.29 Å². The van der Waals surface area contributed by atoms with E-state index in [1.807, 2.05) is 37.3 Å². The Morgan fingerprint density at radius 2 is 1.37 bits per heavy atom. The maximum Gasteiger partial charge on any atom is 0.142 e. The number of carbonyl (C=O) groups is 1. The second-order valence-corrected chi connectivity index (χ2v) is 9.32. The van der Waals surface area contributed by atoms with Crippen molar-refractivity contribution in [1.29, 1.82) is 0 Å². The molecule has 0 amide bonds. The minimum Gasteiger partial charge on any atom is -0.393 e. The van der Waals surface area contributed by atoms with Crippen LogP contribution >= 0.6 is 0 Å². The number of hydrogen-bond donors (Lipinski definition) is 1. The van der Waals surface area contributed by atoms with E-state index in [2.05, 4.69) is 58.9 Å². The summed E-state index contributed by atoms with van der Waals surface area (Å²) < 4.78 is 6.19. The van der Waals surface area contributed by atoms with Gasteiger partial charge >= 0.3 is 0 Å². The van der Waals surface area contributed by atoms with Crippen molar-refractivity contribution < 1.29 is 14.6 Å². The minimum atomic E-state index is -0.287. The fourth-order valence-corrected chi connectivity index (χ4v) is 4.45. The summed E-state index contributed by atoms with van der Waals surface area (Å²) >= 11 is 0. The number of aliphatic hydroxyl groups is 1. The van der Waals surface area contributed by atoms with Crippen LogP contribution in [0.25, 0.3) is 0 Å². The maximum absolute atomic E-state index is 10.3. The van der Waals surface area contributed by atoms with Gasteiger partial charge in [-0.25, -0.2) is 0 Å². The van der Waals surface area contributed by atoms with Gasteiger partial charge in [0.05, 0.1) is 6.10 Å². The van der Waals surface area contributed by atoms with Crippen molar-refractivity contribution in [3.63, 3.8) is 0 Å². The summed E-state index contributed by atoms with van der Waals surface area (Å²) in [6.45, 7) is 12.6. The first-order chi connectivity index (χ1) is 14.1. The van der Waals surface area contributed by atoms with E-state index < -0.39 is 0 Å². The molecule has 30 heavy (non-hydrogen) atoms. The van der Waals surface area contributed by atoms with Crippen LogP contribution in [0, 0.1) is 5.41 Å². The Balaban J connectivity index is 1.96. The highest BCUT2D eigenvalue weighted by atomic mass is 16.6. The van der Waals surface area contributed by atoms with Crippen LogP contribution in [0.3, 0.4) is 0 Å². The Labute approximate surface area is 181 Å². The van der Waals surface area contributed by atoms with E-state index >= 15 is 0 Å². The van der Waals surface area contributed by atoms with Crippen LogP contribution in [0.15, 0.2) is 83.6 Å². The molecule has 0 aromatic heterocycles. The van der Waals surface area contributed by atoms with Gasteiger partial charge in [-0.2, -0.15) is 0 Å². The van der Waals surface area contributed by atoms with E-state index in [0.717, 1.165) is 29.4 Å². The molecular formula is C27H36O3. The first kappa shape index (κ1) is 24.0. The fourth-order valence-electron chi connectivity index (χ4n) is 4.45. The van der Waals surface area contributed by atoms with Gasteiger partial charge in [0.15, 0.2) is 0 Å². The van der Waals surface area contributed by atoms with Crippen molar-refractivity contribution in [2.75, 3.05) is 0 Å². The number of aliphatic hydroxyl groups excluding tert-OH is 1. The van der Waals surface area contributed by atoms with Crippen molar-refractivity contribution in [2.24, 2.45) is 5.41 Å². The van der Waals surface area contributed by atoms with Crippen molar-refractivity contribution in [1.82, 2.24) is 0 Å². The quantitative estimate of drug-likeness (QED) is 0.233. The molecule has 3 unspecified atom stereocenters. The second kappa shape index (κ2) is 9.72. The molecule has 3 heteroatoms. The largest absolute Gasteiger partial charge is 0.393 e. The second-order valence-electron chi connectivity index (χ2n) is 9.32. The third kappa shape index (κ3) is 5.68. The first-order valence-corrected chi connectivity index (χ1v) is 10.6. The Hall–Kier alpha value is -2.23. The summed E-state index contributed by atoms with van der Waals surface area (Å²) in [6.07, 6.45) is 23.7. The molecule has 2 aliphatic rings. The molecule has 1 saturated heterocycles. The lowest BCUT2D eigenvalue weighted by molar-refractivity contribution is -0.104. The van der Waals surface area contributed by atoms with Crippen LogP contribution in [-0.4, -0.2) is 28.7 Å². The van der Waals surface area contributed by atoms with Crippen LogP contribution < -0.4 is 0 Å². The average Bonchev–Trinajstić information content (AvgIpc) is 3.27. The molecule has 3 atom stereocenters. The topological polar surface area (TPSA) is 49.8 Å². The van der Waals surface area contributed by atoms with Crippen molar-refractivity contribution in [3.05, 3.63) is 83.6 Å². The number of hydrogen-bond acceptors (Lipinski definition) is 3. The molecule has 0 bridgehead atoms. The molecule has 1 heterocycles. The zero-order valence-electron chi connectivity index (χ0n) is 19.2. The lowest BCUT2D eigenvalue weighted by Gasteiger charge is -2.39. The Bertz CT molecular complexity index is 847. The molecule has 1 N–H and O–H groups in total. The monoisotopic (exact) mass is 408 g/mol. The van der Waals surface area contributed by atoms with Gasteiger partial charge in [-0.15, -0.1) is 0 Å². The smallest absolute Gasteiger partial charge is 0.142 e. The summed E-state index contributed by atoms with van der Waals surface area (Å²) in [6, 6.07) is 0. The molecule has 162 valence electrons. The highest BCUT2D eigenvalue weighted by Crippen LogP contribution is 2.66. The summed E-state index contributed by atoms with van der Waals surface area (Å²) in [4.78, 5) is 10.3. The molecule has 2 rings (SSSR count). The van der Waals surface area contributed by atoms with Gasteiger partial charge in [-0.1, -0.05) is 85.3 Å². The Morgan fingerprint density at radius 3 is 1.93 bits per heavy atom. The van der Waals surface area contributed by atoms with Crippen molar-refractivity contribution in [3.8, 4) is 0 Å². The van der Waals surface area contributed by atoms with Crippen LogP contribution in [0.4, 0.5) is 0 Å². The van der Waals surface area contributed by atoms with Gasteiger partial charge in [0.1, 0.15) is 17.5 Å². The maximum atomic E-state index is 10.3. The normalized spacial score (nSPS) is 32.5. The number of allylic oxidation sites excluding steroid dienone is 13. The summed E-state index contributed by atoms with van der Waals surface area (Å²) in [5.41, 5.74) is 2.69. The van der Waals surface area contributed by atoms with Crippen molar-refractivity contribution in [2.45, 2.75) is 71.7 Å². The zero-order chi connectivity index (χ0) is 22.4. The zero-order valence-corrected chi connectivity index (χ0v) is 19.2. The first-order valence-electron chi connectivity index (χ1n) is 10.6. The number of fused-ring (bicyclic) bond motifs is 1. The summed E-state index contributed by atoms with van der Waals surface area (Å²) in [5.74, 6) is 0. The molecule has 1 saturated carbocycles. The molecule has 1 aliphatic carbocycles. The molecule has 0 aromatic carbocycles. The van der Waals surface area contributed by atoms with Gasteiger partial charge in [0.2, 0.25) is 0 Å². The molecule has 0 aromatic rings. The van der Waals surface area contributed by atoms with Gasteiger partial charge in [-0.3, -0.25) is 4.79 Å². The van der Waals surface area contributed by atoms with Gasteiger partial charge in [0.25, 0.3) is 0 Å². The number of aldehydes is 1. The van der Waals surface area contributed by atoms with Crippen LogP contribution in [-0.2, 0) is 9.53 Å². The minimum absolute atomic E-state index is 0.0898. The SMILES string of the molecule is CC(/C=C\C=O)=C/C=C/C=C(C)/C=C/C=C(C)\C=C\C12OC1(C)CC(O)CC2(C)C. The van der Waals surface area contributed by atoms with E-state index in [4.69, 9.17) is 4.74 Å². The molecule has 0 radical (unpaired) electrons. The lowest BCUT2D eigenvalue weighted by atomic mass is 9.63. The number of rotatable bonds is 8. The lowest BCUT2D eigenvalue weighted by Crippen LogP contribution is -2.46. The van der Waals surface area contributed by atoms with Gasteiger partial charge in [0, 0.05) is 11.8 Å². The van der Waals surface area contributed by atoms with Gasteiger partial charge in [-0.05, 0) is 46.3 Å². The molecule has 3 nitrogen and oxygen atoms in total. The standard InChI is InChI=1S/C27H36O3/c1-21(11-7-8-12-22(2)15-10-18-28)13-9-14-23(3)16-17-27-25(4,5)19-24(29)20-26(27,6)30-27/h7-18,24,29H,19-20H2,1-6H3/b8-7+,13-9+,15-10-,17-16+,21-11+,22-12-,23-14-. The molecular weight excluding hydrogens is 372 g/mol. The van der Waals surface area contributed by atoms with E-state index in [-0.39, 0.29) is 22.7 Å². The van der Waals surface area contributed by atoms with E-state index in [9.17, 15) is 9.90 Å². The Morgan fingerprint density at radius 1 is 0.833 bits per heavy atom. The third-order valence-electron chi connectivity index (χ3n) is 6.07. The Kier molecular flexibility index (Phi) is 7.79. The average molecular weight is 409 g/mol. The summed E-state index contributed by atoms with van der Waals surface area (Å²) in [5, 5.41) is 10.2.